The van der Waals surface area contributed by atoms with Gasteiger partial charge < -0.3 is 10.4 Å². The topological polar surface area (TPSA) is 69.6 Å². The van der Waals surface area contributed by atoms with Crippen molar-refractivity contribution in [3.8, 4) is 0 Å². The molecule has 2 N–H and O–H groups in total. The molecule has 0 heterocycles. The first kappa shape index (κ1) is 17.9. The molecule has 1 amide bonds. The van der Waals surface area contributed by atoms with E-state index in [0.717, 1.165) is 13.1 Å². The van der Waals surface area contributed by atoms with Gasteiger partial charge in [-0.1, -0.05) is 34.6 Å². The molecule has 0 radical (unpaired) electrons. The first-order chi connectivity index (χ1) is 8.87. The number of rotatable bonds is 9. The molecule has 0 aliphatic rings. The first-order valence-corrected chi connectivity index (χ1v) is 7.14. The predicted octanol–water partition coefficient (Wildman–Crippen LogP) is 1.72. The lowest BCUT2D eigenvalue weighted by molar-refractivity contribution is -0.143. The molecule has 0 aliphatic heterocycles. The van der Waals surface area contributed by atoms with Crippen LogP contribution in [-0.4, -0.2) is 47.1 Å². The van der Waals surface area contributed by atoms with Gasteiger partial charge >= 0.3 is 5.97 Å². The van der Waals surface area contributed by atoms with Gasteiger partial charge in [-0.3, -0.25) is 9.69 Å². The Morgan fingerprint density at radius 2 is 1.68 bits per heavy atom. The Morgan fingerprint density at radius 3 is 2.00 bits per heavy atom. The molecule has 0 aromatic rings. The van der Waals surface area contributed by atoms with E-state index in [4.69, 9.17) is 5.11 Å². The minimum atomic E-state index is -0.962. The van der Waals surface area contributed by atoms with Crippen molar-refractivity contribution in [3.05, 3.63) is 0 Å². The van der Waals surface area contributed by atoms with Crippen molar-refractivity contribution in [2.45, 2.75) is 59.5 Å². The largest absolute Gasteiger partial charge is 0.480 e. The molecular weight excluding hydrogens is 244 g/mol. The molecule has 0 rings (SSSR count). The van der Waals surface area contributed by atoms with Crippen molar-refractivity contribution >= 4 is 11.9 Å². The standard InChI is InChI=1S/C14H28N2O3/c1-6-12(16(7-2)8-3)13(17)15-11(14(18)19)9-10(4)5/h10-12H,6-9H2,1-5H3,(H,15,17)(H,18,19)/t11-,12?/m0/s1. The fraction of sp³-hybridized carbons (Fsp3) is 0.857. The van der Waals surface area contributed by atoms with Crippen molar-refractivity contribution in [1.29, 1.82) is 0 Å². The van der Waals surface area contributed by atoms with Crippen LogP contribution in [0.3, 0.4) is 0 Å². The third kappa shape index (κ3) is 6.05. The van der Waals surface area contributed by atoms with Crippen LogP contribution in [0, 0.1) is 5.92 Å². The summed E-state index contributed by atoms with van der Waals surface area (Å²) in [5, 5.41) is 11.8. The van der Waals surface area contributed by atoms with Crippen LogP contribution in [0.1, 0.15) is 47.5 Å². The highest BCUT2D eigenvalue weighted by molar-refractivity contribution is 5.86. The van der Waals surface area contributed by atoms with E-state index in [2.05, 4.69) is 5.32 Å². The number of likely N-dealkylation sites (N-methyl/N-ethyl adjacent to an activating group) is 1. The third-order valence-corrected chi connectivity index (χ3v) is 3.26. The van der Waals surface area contributed by atoms with Crippen molar-refractivity contribution in [2.75, 3.05) is 13.1 Å². The number of nitrogens with one attached hydrogen (secondary N) is 1. The molecule has 112 valence electrons. The Bertz CT molecular complexity index is 288. The van der Waals surface area contributed by atoms with Gasteiger partial charge in [0.25, 0.3) is 0 Å². The number of aliphatic carboxylic acids is 1. The summed E-state index contributed by atoms with van der Waals surface area (Å²) in [6, 6.07) is -1.04. The molecular formula is C14H28N2O3. The molecule has 0 saturated heterocycles. The zero-order chi connectivity index (χ0) is 15.0. The molecule has 0 fully saturated rings. The van der Waals surface area contributed by atoms with Gasteiger partial charge in [0, 0.05) is 0 Å². The lowest BCUT2D eigenvalue weighted by Gasteiger charge is -2.29. The van der Waals surface area contributed by atoms with Gasteiger partial charge in [0.15, 0.2) is 0 Å². The Hall–Kier alpha value is -1.10. The van der Waals surface area contributed by atoms with Crippen LogP contribution in [0.15, 0.2) is 0 Å². The average Bonchev–Trinajstić information content (AvgIpc) is 2.33. The van der Waals surface area contributed by atoms with Gasteiger partial charge in [-0.25, -0.2) is 4.79 Å². The summed E-state index contributed by atoms with van der Waals surface area (Å²) in [6.45, 7) is 11.4. The normalized spacial score (nSPS) is 14.5. The van der Waals surface area contributed by atoms with E-state index in [0.29, 0.717) is 12.8 Å². The molecule has 0 spiro atoms. The van der Waals surface area contributed by atoms with Crippen LogP contribution in [0.4, 0.5) is 0 Å². The average molecular weight is 272 g/mol. The van der Waals surface area contributed by atoms with Gasteiger partial charge in [-0.15, -0.1) is 0 Å². The van der Waals surface area contributed by atoms with Crippen LogP contribution in [-0.2, 0) is 9.59 Å². The van der Waals surface area contributed by atoms with E-state index in [9.17, 15) is 9.59 Å². The quantitative estimate of drug-likeness (QED) is 0.670. The van der Waals surface area contributed by atoms with E-state index >= 15 is 0 Å². The van der Waals surface area contributed by atoms with Crippen molar-refractivity contribution < 1.29 is 14.7 Å². The summed E-state index contributed by atoms with van der Waals surface area (Å²) in [4.78, 5) is 25.4. The summed E-state index contributed by atoms with van der Waals surface area (Å²) >= 11 is 0. The number of hydrogen-bond acceptors (Lipinski definition) is 3. The summed E-state index contributed by atoms with van der Waals surface area (Å²) in [6.07, 6.45) is 1.14. The molecule has 1 unspecified atom stereocenters. The summed E-state index contributed by atoms with van der Waals surface area (Å²) in [5.74, 6) is -0.911. The number of hydrogen-bond donors (Lipinski definition) is 2. The highest BCUT2D eigenvalue weighted by atomic mass is 16.4. The van der Waals surface area contributed by atoms with E-state index in [1.54, 1.807) is 0 Å². The van der Waals surface area contributed by atoms with Gasteiger partial charge in [0.05, 0.1) is 6.04 Å². The predicted molar refractivity (Wildman–Crippen MR) is 76.0 cm³/mol. The van der Waals surface area contributed by atoms with Crippen LogP contribution < -0.4 is 5.32 Å². The van der Waals surface area contributed by atoms with Crippen molar-refractivity contribution in [3.63, 3.8) is 0 Å². The maximum Gasteiger partial charge on any atom is 0.326 e. The number of nitrogens with zero attached hydrogens (tertiary/aromatic N) is 1. The molecule has 0 bridgehead atoms. The number of carboxylic acid groups (broad SMARTS) is 1. The van der Waals surface area contributed by atoms with Crippen molar-refractivity contribution in [1.82, 2.24) is 10.2 Å². The summed E-state index contributed by atoms with van der Waals surface area (Å²) < 4.78 is 0. The fourth-order valence-electron chi connectivity index (χ4n) is 2.23. The summed E-state index contributed by atoms with van der Waals surface area (Å²) in [7, 11) is 0. The number of carbonyl (C=O) groups excluding carboxylic acids is 1. The molecule has 2 atom stereocenters. The lowest BCUT2D eigenvalue weighted by atomic mass is 10.0. The fourth-order valence-corrected chi connectivity index (χ4v) is 2.23. The van der Waals surface area contributed by atoms with Crippen LogP contribution in [0.5, 0.6) is 0 Å². The Balaban J connectivity index is 4.72. The van der Waals surface area contributed by atoms with E-state index < -0.39 is 12.0 Å². The highest BCUT2D eigenvalue weighted by Gasteiger charge is 2.27. The van der Waals surface area contributed by atoms with Crippen LogP contribution >= 0.6 is 0 Å². The zero-order valence-corrected chi connectivity index (χ0v) is 12.8. The van der Waals surface area contributed by atoms with Crippen LogP contribution in [0.2, 0.25) is 0 Å². The maximum atomic E-state index is 12.2. The van der Waals surface area contributed by atoms with Gasteiger partial charge in [-0.2, -0.15) is 0 Å². The molecule has 5 heteroatoms. The molecule has 0 aromatic heterocycles. The molecule has 0 saturated carbocycles. The van der Waals surface area contributed by atoms with E-state index in [1.807, 2.05) is 39.5 Å². The number of carboxylic acids is 1. The molecule has 19 heavy (non-hydrogen) atoms. The minimum absolute atomic E-state index is 0.181. The Labute approximate surface area is 116 Å². The van der Waals surface area contributed by atoms with E-state index in [1.165, 1.54) is 0 Å². The second kappa shape index (κ2) is 8.91. The van der Waals surface area contributed by atoms with E-state index in [-0.39, 0.29) is 17.9 Å². The second-order valence-corrected chi connectivity index (χ2v) is 5.17. The highest BCUT2D eigenvalue weighted by Crippen LogP contribution is 2.08. The molecule has 5 nitrogen and oxygen atoms in total. The Morgan fingerprint density at radius 1 is 1.16 bits per heavy atom. The molecule has 0 aliphatic carbocycles. The smallest absolute Gasteiger partial charge is 0.326 e. The number of carbonyl (C=O) groups is 2. The van der Waals surface area contributed by atoms with Gasteiger partial charge in [0.2, 0.25) is 5.91 Å². The third-order valence-electron chi connectivity index (χ3n) is 3.26. The zero-order valence-electron chi connectivity index (χ0n) is 12.8. The maximum absolute atomic E-state index is 12.2. The SMILES string of the molecule is CCC(C(=O)N[C@@H](CC(C)C)C(=O)O)N(CC)CC. The second-order valence-electron chi connectivity index (χ2n) is 5.17. The lowest BCUT2D eigenvalue weighted by Crippen LogP contribution is -2.51. The van der Waals surface area contributed by atoms with Gasteiger partial charge in [-0.05, 0) is 31.8 Å². The van der Waals surface area contributed by atoms with Gasteiger partial charge in [0.1, 0.15) is 6.04 Å². The van der Waals surface area contributed by atoms with Crippen LogP contribution in [0.25, 0.3) is 0 Å². The monoisotopic (exact) mass is 272 g/mol. The Kier molecular flexibility index (Phi) is 8.39. The summed E-state index contributed by atoms with van der Waals surface area (Å²) in [5.41, 5.74) is 0. The first-order valence-electron chi connectivity index (χ1n) is 7.14. The number of amides is 1. The molecule has 0 aromatic carbocycles. The minimum Gasteiger partial charge on any atom is -0.480 e. The van der Waals surface area contributed by atoms with Crippen molar-refractivity contribution in [2.24, 2.45) is 5.92 Å².